The first-order chi connectivity index (χ1) is 4.63. The van der Waals surface area contributed by atoms with Gasteiger partial charge in [-0.25, -0.2) is 4.39 Å². The lowest BCUT2D eigenvalue weighted by molar-refractivity contribution is 0.585. The summed E-state index contributed by atoms with van der Waals surface area (Å²) in [5, 5.41) is 5.49. The molecule has 0 aliphatic rings. The van der Waals surface area contributed by atoms with E-state index in [-0.39, 0.29) is 5.82 Å². The molecule has 0 unspecified atom stereocenters. The Hall–Kier alpha value is -1.06. The molecule has 0 aliphatic heterocycles. The summed E-state index contributed by atoms with van der Waals surface area (Å²) in [6.07, 6.45) is 1.20. The predicted molar refractivity (Wildman–Crippen MR) is 37.0 cm³/mol. The van der Waals surface area contributed by atoms with Gasteiger partial charge in [0.2, 0.25) is 0 Å². The van der Waals surface area contributed by atoms with Crippen LogP contribution in [0.15, 0.2) is 6.20 Å². The second-order valence-corrected chi connectivity index (χ2v) is 2.31. The Bertz CT molecular complexity index is 229. The van der Waals surface area contributed by atoms with Crippen LogP contribution in [0, 0.1) is 12.7 Å². The minimum atomic E-state index is -0.270. The Morgan fingerprint density at radius 2 is 2.20 bits per heavy atom. The topological polar surface area (TPSA) is 21.1 Å². The Kier molecular flexibility index (Phi) is 1.61. The Morgan fingerprint density at radius 1 is 1.60 bits per heavy atom. The van der Waals surface area contributed by atoms with Gasteiger partial charge in [0.1, 0.15) is 0 Å². The Morgan fingerprint density at radius 3 is 2.40 bits per heavy atom. The van der Waals surface area contributed by atoms with Crippen LogP contribution in [0.5, 0.6) is 0 Å². The van der Waals surface area contributed by atoms with Crippen LogP contribution in [0.1, 0.15) is 5.69 Å². The van der Waals surface area contributed by atoms with E-state index in [0.717, 1.165) is 0 Å². The van der Waals surface area contributed by atoms with Crippen molar-refractivity contribution in [2.24, 2.45) is 0 Å². The number of nitrogens with zero attached hydrogens (tertiary/aromatic N) is 3. The van der Waals surface area contributed by atoms with E-state index in [4.69, 9.17) is 0 Å². The molecule has 4 heteroatoms. The quantitative estimate of drug-likeness (QED) is 0.571. The van der Waals surface area contributed by atoms with E-state index in [1.807, 2.05) is 0 Å². The van der Waals surface area contributed by atoms with Crippen LogP contribution in [-0.2, 0) is 0 Å². The standard InChI is InChI=1S/C6H10FN3/c1-5-6(7)4-8-10(5)9(2)3/h4H,1-3H3. The van der Waals surface area contributed by atoms with Gasteiger partial charge < -0.3 is 5.01 Å². The molecule has 56 valence electrons. The first-order valence-corrected chi connectivity index (χ1v) is 3.00. The molecule has 1 rings (SSSR count). The third-order valence-electron chi connectivity index (χ3n) is 1.30. The van der Waals surface area contributed by atoms with Gasteiger partial charge in [-0.3, -0.25) is 0 Å². The summed E-state index contributed by atoms with van der Waals surface area (Å²) in [4.78, 5) is 1.50. The molecule has 0 saturated carbocycles. The van der Waals surface area contributed by atoms with Gasteiger partial charge in [0, 0.05) is 14.1 Å². The average Bonchev–Trinajstić information content (AvgIpc) is 2.14. The van der Waals surface area contributed by atoms with E-state index < -0.39 is 0 Å². The maximum atomic E-state index is 12.6. The molecule has 0 radical (unpaired) electrons. The van der Waals surface area contributed by atoms with E-state index in [1.165, 1.54) is 11.0 Å². The zero-order valence-corrected chi connectivity index (χ0v) is 6.30. The molecule has 1 heterocycles. The zero-order valence-electron chi connectivity index (χ0n) is 6.30. The molecule has 0 atom stereocenters. The van der Waals surface area contributed by atoms with Gasteiger partial charge in [-0.2, -0.15) is 9.89 Å². The molecule has 0 saturated heterocycles. The predicted octanol–water partition coefficient (Wildman–Crippen LogP) is 0.528. The number of aromatic nitrogens is 2. The second-order valence-electron chi connectivity index (χ2n) is 2.31. The maximum absolute atomic E-state index is 12.6. The van der Waals surface area contributed by atoms with Crippen molar-refractivity contribution in [2.75, 3.05) is 19.1 Å². The summed E-state index contributed by atoms with van der Waals surface area (Å²) in [7, 11) is 3.61. The number of hydrogen-bond acceptors (Lipinski definition) is 2. The Labute approximate surface area is 59.0 Å². The Balaban J connectivity index is 3.05. The molecule has 1 aromatic rings. The lowest BCUT2D eigenvalue weighted by Gasteiger charge is -2.13. The summed E-state index contributed by atoms with van der Waals surface area (Å²) >= 11 is 0. The number of rotatable bonds is 1. The van der Waals surface area contributed by atoms with Crippen LogP contribution in [0.3, 0.4) is 0 Å². The first-order valence-electron chi connectivity index (χ1n) is 3.00. The fraction of sp³-hybridized carbons (Fsp3) is 0.500. The molecular formula is C6H10FN3. The van der Waals surface area contributed by atoms with Crippen molar-refractivity contribution in [3.05, 3.63) is 17.7 Å². The maximum Gasteiger partial charge on any atom is 0.166 e. The lowest BCUT2D eigenvalue weighted by Crippen LogP contribution is -2.27. The van der Waals surface area contributed by atoms with Crippen molar-refractivity contribution in [2.45, 2.75) is 6.92 Å². The highest BCUT2D eigenvalue weighted by atomic mass is 19.1. The van der Waals surface area contributed by atoms with Crippen LogP contribution in [-0.4, -0.2) is 24.0 Å². The van der Waals surface area contributed by atoms with Gasteiger partial charge in [0.05, 0.1) is 11.9 Å². The molecular weight excluding hydrogens is 133 g/mol. The van der Waals surface area contributed by atoms with E-state index in [0.29, 0.717) is 5.69 Å². The van der Waals surface area contributed by atoms with Gasteiger partial charge in [-0.1, -0.05) is 0 Å². The highest BCUT2D eigenvalue weighted by molar-refractivity contribution is 5.02. The van der Waals surface area contributed by atoms with Crippen molar-refractivity contribution in [1.82, 2.24) is 9.89 Å². The number of halogens is 1. The summed E-state index contributed by atoms with van der Waals surface area (Å²) in [5.41, 5.74) is 0.532. The molecule has 0 fully saturated rings. The zero-order chi connectivity index (χ0) is 7.72. The molecule has 10 heavy (non-hydrogen) atoms. The number of hydrogen-bond donors (Lipinski definition) is 0. The fourth-order valence-electron chi connectivity index (χ4n) is 0.784. The van der Waals surface area contributed by atoms with Crippen molar-refractivity contribution in [1.29, 1.82) is 0 Å². The summed E-state index contributed by atoms with van der Waals surface area (Å²) in [6.45, 7) is 1.68. The van der Waals surface area contributed by atoms with Crippen molar-refractivity contribution >= 4 is 0 Å². The van der Waals surface area contributed by atoms with Gasteiger partial charge >= 0.3 is 0 Å². The van der Waals surface area contributed by atoms with Crippen LogP contribution in [0.4, 0.5) is 4.39 Å². The van der Waals surface area contributed by atoms with Crippen LogP contribution in [0.2, 0.25) is 0 Å². The first kappa shape index (κ1) is 7.05. The van der Waals surface area contributed by atoms with Crippen molar-refractivity contribution in [3.63, 3.8) is 0 Å². The highest BCUT2D eigenvalue weighted by Gasteiger charge is 2.04. The molecule has 0 bridgehead atoms. The van der Waals surface area contributed by atoms with E-state index in [1.54, 1.807) is 26.0 Å². The van der Waals surface area contributed by atoms with Crippen molar-refractivity contribution in [3.8, 4) is 0 Å². The minimum Gasteiger partial charge on any atom is -0.303 e. The third kappa shape index (κ3) is 0.964. The minimum absolute atomic E-state index is 0.270. The summed E-state index contributed by atoms with van der Waals surface area (Å²) < 4.78 is 12.6. The SMILES string of the molecule is Cc1c(F)cnn1N(C)C. The second kappa shape index (κ2) is 2.28. The van der Waals surface area contributed by atoms with E-state index in [9.17, 15) is 4.39 Å². The van der Waals surface area contributed by atoms with E-state index in [2.05, 4.69) is 5.10 Å². The molecule has 1 aromatic heterocycles. The van der Waals surface area contributed by atoms with Gasteiger partial charge in [-0.05, 0) is 6.92 Å². The van der Waals surface area contributed by atoms with Gasteiger partial charge in [0.15, 0.2) is 5.82 Å². The normalized spacial score (nSPS) is 10.0. The van der Waals surface area contributed by atoms with Crippen LogP contribution >= 0.6 is 0 Å². The largest absolute Gasteiger partial charge is 0.303 e. The van der Waals surface area contributed by atoms with Crippen LogP contribution < -0.4 is 5.01 Å². The monoisotopic (exact) mass is 143 g/mol. The molecule has 0 aromatic carbocycles. The molecule has 0 amide bonds. The van der Waals surface area contributed by atoms with Gasteiger partial charge in [-0.15, -0.1) is 0 Å². The molecule has 0 spiro atoms. The molecule has 3 nitrogen and oxygen atoms in total. The lowest BCUT2D eigenvalue weighted by atomic mass is 10.5. The average molecular weight is 143 g/mol. The summed E-state index contributed by atoms with van der Waals surface area (Å²) in [5.74, 6) is -0.270. The van der Waals surface area contributed by atoms with Gasteiger partial charge in [0.25, 0.3) is 0 Å². The summed E-state index contributed by atoms with van der Waals surface area (Å²) in [6, 6.07) is 0. The highest BCUT2D eigenvalue weighted by Crippen LogP contribution is 2.02. The van der Waals surface area contributed by atoms with Crippen LogP contribution in [0.25, 0.3) is 0 Å². The molecule has 0 N–H and O–H groups in total. The van der Waals surface area contributed by atoms with Crippen molar-refractivity contribution < 1.29 is 4.39 Å². The molecule has 0 aliphatic carbocycles. The van der Waals surface area contributed by atoms with E-state index >= 15 is 0 Å². The third-order valence-corrected chi connectivity index (χ3v) is 1.30. The smallest absolute Gasteiger partial charge is 0.166 e. The fourth-order valence-corrected chi connectivity index (χ4v) is 0.784.